The van der Waals surface area contributed by atoms with Gasteiger partial charge in [0.15, 0.2) is 0 Å². The van der Waals surface area contributed by atoms with Crippen LogP contribution in [0.15, 0.2) is 168 Å². The number of rotatable bonds is 2. The summed E-state index contributed by atoms with van der Waals surface area (Å²) in [5.74, 6) is 0. The molecule has 53 heavy (non-hydrogen) atoms. The van der Waals surface area contributed by atoms with Crippen LogP contribution in [0.1, 0.15) is 25.0 Å². The topological polar surface area (TPSA) is 18.1 Å². The molecule has 9 aromatic carbocycles. The number of aromatic nitrogens is 1. The van der Waals surface area contributed by atoms with Gasteiger partial charge in [-0.25, -0.2) is 0 Å². The second-order valence-electron chi connectivity index (χ2n) is 15.3. The van der Waals surface area contributed by atoms with E-state index in [1.54, 1.807) is 0 Å². The van der Waals surface area contributed by atoms with Gasteiger partial charge in [0.05, 0.1) is 11.0 Å². The fraction of sp³-hybridized carbons (Fsp3) is 0.0588. The van der Waals surface area contributed by atoms with Gasteiger partial charge in [0.1, 0.15) is 11.2 Å². The molecular weight excluding hydrogens is 643 g/mol. The molecule has 2 aromatic heterocycles. The summed E-state index contributed by atoms with van der Waals surface area (Å²) < 4.78 is 8.64. The zero-order valence-electron chi connectivity index (χ0n) is 29.4. The fourth-order valence-electron chi connectivity index (χ4n) is 9.68. The van der Waals surface area contributed by atoms with Crippen LogP contribution in [0, 0.1) is 0 Å². The van der Waals surface area contributed by atoms with Gasteiger partial charge in [-0.05, 0) is 109 Å². The normalized spacial score (nSPS) is 13.6. The first-order chi connectivity index (χ1) is 26.0. The van der Waals surface area contributed by atoms with Gasteiger partial charge < -0.3 is 8.98 Å². The lowest BCUT2D eigenvalue weighted by Gasteiger charge is -2.21. The Morgan fingerprint density at radius 2 is 1.02 bits per heavy atom. The summed E-state index contributed by atoms with van der Waals surface area (Å²) in [6.45, 7) is 4.75. The van der Waals surface area contributed by atoms with E-state index in [0.717, 1.165) is 27.6 Å². The largest absolute Gasteiger partial charge is 0.456 e. The molecule has 0 atom stereocenters. The molecule has 11 aromatic rings. The number of furan rings is 1. The van der Waals surface area contributed by atoms with Gasteiger partial charge >= 0.3 is 0 Å². The molecule has 1 aliphatic carbocycles. The average Bonchev–Trinajstić information content (AvgIpc) is 3.82. The molecule has 0 unspecified atom stereocenters. The Balaban J connectivity index is 1.16. The zero-order chi connectivity index (χ0) is 35.0. The van der Waals surface area contributed by atoms with Gasteiger partial charge in [0, 0.05) is 38.0 Å². The van der Waals surface area contributed by atoms with E-state index in [1.807, 2.05) is 12.1 Å². The Bertz CT molecular complexity index is 3320. The van der Waals surface area contributed by atoms with Crippen LogP contribution >= 0.6 is 0 Å². The molecule has 2 heterocycles. The minimum Gasteiger partial charge on any atom is -0.456 e. The van der Waals surface area contributed by atoms with Crippen molar-refractivity contribution >= 4 is 76.1 Å². The maximum Gasteiger partial charge on any atom is 0.135 e. The zero-order valence-corrected chi connectivity index (χ0v) is 29.4. The lowest BCUT2D eigenvalue weighted by Crippen LogP contribution is -2.14. The number of nitrogens with zero attached hydrogens (tertiary/aromatic N) is 1. The molecule has 2 heteroatoms. The van der Waals surface area contributed by atoms with Crippen molar-refractivity contribution in [2.75, 3.05) is 0 Å². The number of fused-ring (bicyclic) bond motifs is 16. The van der Waals surface area contributed by atoms with E-state index in [1.165, 1.54) is 87.5 Å². The van der Waals surface area contributed by atoms with Crippen molar-refractivity contribution in [3.8, 4) is 27.9 Å². The third-order valence-electron chi connectivity index (χ3n) is 12.2. The molecule has 2 nitrogen and oxygen atoms in total. The standard InChI is InChI=1S/C51H33NO/c1-51(2)43-17-9-7-14-36(43)40-28-42-46(29-44(40)51)52(32-22-19-30(20-23-32)31-21-26-48-41(27-31)37-15-8-10-18-47(37)53-48)45-25-24-39-35-13-4-3-11-33(35)34-12-5-6-16-38(34)49(39)50(42)45/h3-29H,1-2H3. The molecular formula is C51H33NO. The average molecular weight is 676 g/mol. The van der Waals surface area contributed by atoms with Gasteiger partial charge in [-0.15, -0.1) is 0 Å². The maximum atomic E-state index is 6.14. The second-order valence-corrected chi connectivity index (χ2v) is 15.3. The predicted molar refractivity (Wildman–Crippen MR) is 224 cm³/mol. The van der Waals surface area contributed by atoms with Crippen LogP contribution < -0.4 is 0 Å². The number of benzene rings is 9. The van der Waals surface area contributed by atoms with Crippen LogP contribution in [0.4, 0.5) is 0 Å². The van der Waals surface area contributed by atoms with Crippen molar-refractivity contribution in [1.82, 2.24) is 4.57 Å². The Labute approximate surface area is 306 Å². The molecule has 0 radical (unpaired) electrons. The number of para-hydroxylation sites is 1. The molecule has 0 amide bonds. The summed E-state index contributed by atoms with van der Waals surface area (Å²) in [6.07, 6.45) is 0. The highest BCUT2D eigenvalue weighted by Crippen LogP contribution is 2.52. The summed E-state index contributed by atoms with van der Waals surface area (Å²) in [7, 11) is 0. The minimum atomic E-state index is -0.105. The molecule has 248 valence electrons. The minimum absolute atomic E-state index is 0.105. The van der Waals surface area contributed by atoms with E-state index >= 15 is 0 Å². The summed E-state index contributed by atoms with van der Waals surface area (Å²) in [4.78, 5) is 0. The quantitative estimate of drug-likeness (QED) is 0.167. The molecule has 0 bridgehead atoms. The molecule has 0 saturated carbocycles. The highest BCUT2D eigenvalue weighted by atomic mass is 16.3. The maximum absolute atomic E-state index is 6.14. The van der Waals surface area contributed by atoms with E-state index in [-0.39, 0.29) is 5.41 Å². The summed E-state index contributed by atoms with van der Waals surface area (Å²) in [5.41, 5.74) is 13.2. The van der Waals surface area contributed by atoms with E-state index in [4.69, 9.17) is 4.42 Å². The second kappa shape index (κ2) is 10.2. The lowest BCUT2D eigenvalue weighted by atomic mass is 9.82. The smallest absolute Gasteiger partial charge is 0.135 e. The molecule has 12 rings (SSSR count). The molecule has 0 aliphatic heterocycles. The fourth-order valence-corrected chi connectivity index (χ4v) is 9.68. The van der Waals surface area contributed by atoms with E-state index in [2.05, 4.69) is 170 Å². The van der Waals surface area contributed by atoms with Crippen molar-refractivity contribution < 1.29 is 4.42 Å². The SMILES string of the molecule is CC1(C)c2ccccc2-c2cc3c4c5c6ccccc6c6ccccc6c5ccc4n(-c4ccc(-c5ccc6oc7ccccc7c6c5)cc4)c3cc21. The highest BCUT2D eigenvalue weighted by Gasteiger charge is 2.36. The van der Waals surface area contributed by atoms with Crippen molar-refractivity contribution in [3.63, 3.8) is 0 Å². The van der Waals surface area contributed by atoms with Crippen LogP contribution in [0.3, 0.4) is 0 Å². The first-order valence-corrected chi connectivity index (χ1v) is 18.5. The van der Waals surface area contributed by atoms with E-state index < -0.39 is 0 Å². The van der Waals surface area contributed by atoms with Gasteiger partial charge in [0.2, 0.25) is 0 Å². The summed E-state index contributed by atoms with van der Waals surface area (Å²) >= 11 is 0. The van der Waals surface area contributed by atoms with Gasteiger partial charge in [-0.2, -0.15) is 0 Å². The molecule has 0 saturated heterocycles. The summed E-state index contributed by atoms with van der Waals surface area (Å²) in [6, 6.07) is 60.5. The van der Waals surface area contributed by atoms with Crippen molar-refractivity contribution in [2.45, 2.75) is 19.3 Å². The van der Waals surface area contributed by atoms with E-state index in [9.17, 15) is 0 Å². The van der Waals surface area contributed by atoms with Gasteiger partial charge in [0.25, 0.3) is 0 Å². The van der Waals surface area contributed by atoms with Crippen LogP contribution in [-0.2, 0) is 5.41 Å². The first kappa shape index (κ1) is 29.0. The molecule has 1 aliphatic rings. The number of hydrogen-bond acceptors (Lipinski definition) is 1. The lowest BCUT2D eigenvalue weighted by molar-refractivity contribution is 0.661. The van der Waals surface area contributed by atoms with Crippen LogP contribution in [0.2, 0.25) is 0 Å². The van der Waals surface area contributed by atoms with Gasteiger partial charge in [-0.1, -0.05) is 129 Å². The Hall–Kier alpha value is -6.64. The Morgan fingerprint density at radius 3 is 1.81 bits per heavy atom. The Kier molecular flexibility index (Phi) is 5.60. The summed E-state index contributed by atoms with van der Waals surface area (Å²) in [5, 5.41) is 12.7. The van der Waals surface area contributed by atoms with E-state index in [0.29, 0.717) is 0 Å². The number of hydrogen-bond donors (Lipinski definition) is 0. The first-order valence-electron chi connectivity index (χ1n) is 18.5. The third kappa shape index (κ3) is 3.82. The highest BCUT2D eigenvalue weighted by molar-refractivity contribution is 6.35. The van der Waals surface area contributed by atoms with Crippen molar-refractivity contribution in [2.24, 2.45) is 0 Å². The third-order valence-corrected chi connectivity index (χ3v) is 12.2. The van der Waals surface area contributed by atoms with Crippen molar-refractivity contribution in [1.29, 1.82) is 0 Å². The van der Waals surface area contributed by atoms with Gasteiger partial charge in [-0.3, -0.25) is 0 Å². The monoisotopic (exact) mass is 675 g/mol. The molecule has 0 N–H and O–H groups in total. The van der Waals surface area contributed by atoms with Crippen LogP contribution in [-0.4, -0.2) is 4.57 Å². The van der Waals surface area contributed by atoms with Crippen LogP contribution in [0.25, 0.3) is 104 Å². The Morgan fingerprint density at radius 1 is 0.396 bits per heavy atom. The molecule has 0 fully saturated rings. The molecule has 0 spiro atoms. The van der Waals surface area contributed by atoms with Crippen LogP contribution in [0.5, 0.6) is 0 Å². The predicted octanol–water partition coefficient (Wildman–Crippen LogP) is 14.1. The van der Waals surface area contributed by atoms with Crippen molar-refractivity contribution in [3.05, 3.63) is 175 Å².